The summed E-state index contributed by atoms with van der Waals surface area (Å²) in [5, 5.41) is 3.61. The summed E-state index contributed by atoms with van der Waals surface area (Å²) in [7, 11) is 3.39. The van der Waals surface area contributed by atoms with E-state index in [9.17, 15) is 0 Å². The van der Waals surface area contributed by atoms with Crippen LogP contribution < -0.4 is 14.8 Å². The van der Waals surface area contributed by atoms with Crippen molar-refractivity contribution in [1.29, 1.82) is 0 Å². The highest BCUT2D eigenvalue weighted by Gasteiger charge is 2.28. The predicted molar refractivity (Wildman–Crippen MR) is 81.5 cm³/mol. The van der Waals surface area contributed by atoms with E-state index in [1.165, 1.54) is 5.56 Å². The Balaban J connectivity index is 2.09. The van der Waals surface area contributed by atoms with Crippen molar-refractivity contribution >= 4 is 0 Å². The molecule has 1 heterocycles. The summed E-state index contributed by atoms with van der Waals surface area (Å²) in [5.41, 5.74) is 1.44. The van der Waals surface area contributed by atoms with Crippen molar-refractivity contribution in [3.05, 3.63) is 23.8 Å². The summed E-state index contributed by atoms with van der Waals surface area (Å²) in [4.78, 5) is 2.49. The van der Waals surface area contributed by atoms with Crippen LogP contribution in [0.25, 0.3) is 0 Å². The molecule has 1 unspecified atom stereocenters. The summed E-state index contributed by atoms with van der Waals surface area (Å²) in [6, 6.07) is 6.05. The monoisotopic (exact) mass is 278 g/mol. The van der Waals surface area contributed by atoms with E-state index in [0.29, 0.717) is 0 Å². The lowest BCUT2D eigenvalue weighted by atomic mass is 9.95. The number of piperazine rings is 1. The molecule has 1 atom stereocenters. The van der Waals surface area contributed by atoms with Crippen LogP contribution in [0.5, 0.6) is 11.5 Å². The Labute approximate surface area is 122 Å². The van der Waals surface area contributed by atoms with Gasteiger partial charge >= 0.3 is 0 Å². The Morgan fingerprint density at radius 2 is 2.10 bits per heavy atom. The Morgan fingerprint density at radius 3 is 2.75 bits per heavy atom. The molecular formula is C16H26N2O2. The molecule has 20 heavy (non-hydrogen) atoms. The van der Waals surface area contributed by atoms with Gasteiger partial charge in [0.05, 0.1) is 14.2 Å². The maximum absolute atomic E-state index is 5.49. The fraction of sp³-hybridized carbons (Fsp3) is 0.625. The predicted octanol–water partition coefficient (Wildman–Crippen LogP) is 2.28. The summed E-state index contributed by atoms with van der Waals surface area (Å²) in [6.45, 7) is 8.64. The molecule has 0 aromatic heterocycles. The molecular weight excluding hydrogens is 252 g/mol. The van der Waals surface area contributed by atoms with Gasteiger partial charge in [-0.2, -0.15) is 0 Å². The first-order valence-corrected chi connectivity index (χ1v) is 7.28. The van der Waals surface area contributed by atoms with Crippen molar-refractivity contribution in [1.82, 2.24) is 10.2 Å². The second kappa shape index (κ2) is 6.46. The second-order valence-corrected chi connectivity index (χ2v) is 5.73. The zero-order valence-corrected chi connectivity index (χ0v) is 13.0. The third kappa shape index (κ3) is 3.44. The molecule has 1 fully saturated rings. The van der Waals surface area contributed by atoms with Crippen LogP contribution in [0.2, 0.25) is 0 Å². The lowest BCUT2D eigenvalue weighted by molar-refractivity contribution is 0.132. The van der Waals surface area contributed by atoms with Gasteiger partial charge in [0, 0.05) is 43.3 Å². The number of hydrogen-bond acceptors (Lipinski definition) is 4. The quantitative estimate of drug-likeness (QED) is 0.896. The summed E-state index contributed by atoms with van der Waals surface area (Å²) in [6.07, 6.45) is 1.14. The lowest BCUT2D eigenvalue weighted by Crippen LogP contribution is -2.58. The van der Waals surface area contributed by atoms with Gasteiger partial charge in [-0.25, -0.2) is 0 Å². The van der Waals surface area contributed by atoms with E-state index in [1.54, 1.807) is 14.2 Å². The molecule has 2 rings (SSSR count). The Hall–Kier alpha value is -1.26. The summed E-state index contributed by atoms with van der Waals surface area (Å²) >= 11 is 0. The van der Waals surface area contributed by atoms with Crippen molar-refractivity contribution in [2.75, 3.05) is 33.9 Å². The second-order valence-electron chi connectivity index (χ2n) is 5.73. The Morgan fingerprint density at radius 1 is 1.30 bits per heavy atom. The fourth-order valence-corrected chi connectivity index (χ4v) is 2.74. The highest BCUT2D eigenvalue weighted by atomic mass is 16.5. The molecule has 0 saturated carbocycles. The average Bonchev–Trinajstić information content (AvgIpc) is 2.48. The number of hydrogen-bond donors (Lipinski definition) is 1. The van der Waals surface area contributed by atoms with Crippen molar-refractivity contribution in [2.45, 2.75) is 32.4 Å². The van der Waals surface area contributed by atoms with Gasteiger partial charge in [0.2, 0.25) is 0 Å². The molecule has 1 aliphatic rings. The molecule has 4 heteroatoms. The van der Waals surface area contributed by atoms with E-state index >= 15 is 0 Å². The van der Waals surface area contributed by atoms with E-state index < -0.39 is 0 Å². The molecule has 0 amide bonds. The van der Waals surface area contributed by atoms with E-state index in [0.717, 1.165) is 44.1 Å². The van der Waals surface area contributed by atoms with Crippen molar-refractivity contribution in [2.24, 2.45) is 0 Å². The first-order chi connectivity index (χ1) is 9.60. The minimum absolute atomic E-state index is 0.220. The molecule has 1 aliphatic heterocycles. The maximum Gasteiger partial charge on any atom is 0.127 e. The average molecular weight is 278 g/mol. The number of rotatable bonds is 5. The molecule has 0 bridgehead atoms. The Kier molecular flexibility index (Phi) is 4.89. The number of nitrogens with zero attached hydrogens (tertiary/aromatic N) is 1. The number of nitrogens with one attached hydrogen (secondary N) is 1. The van der Waals surface area contributed by atoms with Gasteiger partial charge in [0.25, 0.3) is 0 Å². The first kappa shape index (κ1) is 15.1. The zero-order valence-electron chi connectivity index (χ0n) is 13.0. The number of methoxy groups -OCH3 is 2. The van der Waals surface area contributed by atoms with Crippen LogP contribution in [0.4, 0.5) is 0 Å². The molecule has 0 aliphatic carbocycles. The topological polar surface area (TPSA) is 33.7 Å². The van der Waals surface area contributed by atoms with Crippen LogP contribution >= 0.6 is 0 Å². The molecule has 0 radical (unpaired) electrons. The largest absolute Gasteiger partial charge is 0.497 e. The van der Waals surface area contributed by atoms with Crippen molar-refractivity contribution in [3.63, 3.8) is 0 Å². The Bertz CT molecular complexity index is 450. The van der Waals surface area contributed by atoms with Crippen molar-refractivity contribution < 1.29 is 9.47 Å². The van der Waals surface area contributed by atoms with Crippen LogP contribution in [0.15, 0.2) is 18.2 Å². The highest BCUT2D eigenvalue weighted by Crippen LogP contribution is 2.27. The van der Waals surface area contributed by atoms with Gasteiger partial charge in [0.15, 0.2) is 0 Å². The normalized spacial score (nSPS) is 23.6. The third-order valence-corrected chi connectivity index (χ3v) is 4.22. The van der Waals surface area contributed by atoms with E-state index in [4.69, 9.17) is 9.47 Å². The SMILES string of the molecule is CCC1(C)CN(Cc2ccc(OC)cc2OC)CCN1. The van der Waals surface area contributed by atoms with Gasteiger partial charge in [0.1, 0.15) is 11.5 Å². The maximum atomic E-state index is 5.49. The molecule has 1 aromatic carbocycles. The van der Waals surface area contributed by atoms with E-state index in [2.05, 4.69) is 30.1 Å². The van der Waals surface area contributed by atoms with Crippen LogP contribution in [-0.4, -0.2) is 44.3 Å². The van der Waals surface area contributed by atoms with E-state index in [1.807, 2.05) is 12.1 Å². The molecule has 1 saturated heterocycles. The van der Waals surface area contributed by atoms with Crippen LogP contribution in [0.1, 0.15) is 25.8 Å². The van der Waals surface area contributed by atoms with Crippen LogP contribution in [0.3, 0.4) is 0 Å². The number of benzene rings is 1. The molecule has 1 N–H and O–H groups in total. The summed E-state index contributed by atoms with van der Waals surface area (Å²) < 4.78 is 10.7. The minimum atomic E-state index is 0.220. The lowest BCUT2D eigenvalue weighted by Gasteiger charge is -2.41. The zero-order chi connectivity index (χ0) is 14.6. The minimum Gasteiger partial charge on any atom is -0.497 e. The van der Waals surface area contributed by atoms with Gasteiger partial charge < -0.3 is 14.8 Å². The van der Waals surface area contributed by atoms with Crippen LogP contribution in [0, 0.1) is 0 Å². The molecule has 0 spiro atoms. The van der Waals surface area contributed by atoms with Crippen LogP contribution in [-0.2, 0) is 6.54 Å². The van der Waals surface area contributed by atoms with Gasteiger partial charge in [-0.1, -0.05) is 13.0 Å². The molecule has 112 valence electrons. The highest BCUT2D eigenvalue weighted by molar-refractivity contribution is 5.40. The first-order valence-electron chi connectivity index (χ1n) is 7.28. The standard InChI is InChI=1S/C16H26N2O2/c1-5-16(2)12-18(9-8-17-16)11-13-6-7-14(19-3)10-15(13)20-4/h6-7,10,17H,5,8-9,11-12H2,1-4H3. The summed E-state index contributed by atoms with van der Waals surface area (Å²) in [5.74, 6) is 1.74. The fourth-order valence-electron chi connectivity index (χ4n) is 2.74. The molecule has 1 aromatic rings. The van der Waals surface area contributed by atoms with E-state index in [-0.39, 0.29) is 5.54 Å². The van der Waals surface area contributed by atoms with Gasteiger partial charge in [-0.3, -0.25) is 4.90 Å². The third-order valence-electron chi connectivity index (χ3n) is 4.22. The van der Waals surface area contributed by atoms with Gasteiger partial charge in [-0.05, 0) is 19.4 Å². The smallest absolute Gasteiger partial charge is 0.127 e. The van der Waals surface area contributed by atoms with Gasteiger partial charge in [-0.15, -0.1) is 0 Å². The van der Waals surface area contributed by atoms with Crippen molar-refractivity contribution in [3.8, 4) is 11.5 Å². The number of ether oxygens (including phenoxy) is 2. The molecule has 4 nitrogen and oxygen atoms in total.